The maximum Gasteiger partial charge on any atom is 0.176 e. The second-order valence-electron chi connectivity index (χ2n) is 4.24. The summed E-state index contributed by atoms with van der Waals surface area (Å²) in [6, 6.07) is 11.4. The van der Waals surface area contributed by atoms with Gasteiger partial charge in [0.25, 0.3) is 0 Å². The molecule has 0 aliphatic carbocycles. The van der Waals surface area contributed by atoms with E-state index in [4.69, 9.17) is 11.6 Å². The van der Waals surface area contributed by atoms with Gasteiger partial charge in [-0.15, -0.1) is 11.8 Å². The lowest BCUT2D eigenvalue weighted by Gasteiger charge is -2.05. The summed E-state index contributed by atoms with van der Waals surface area (Å²) in [5.41, 5.74) is 1.31. The van der Waals surface area contributed by atoms with Crippen LogP contribution in [0.3, 0.4) is 0 Å². The van der Waals surface area contributed by atoms with E-state index in [0.29, 0.717) is 10.8 Å². The number of Topliss-reactive ketones (excluding diaryl/α,β-unsaturated/α-hetero) is 1. The highest BCUT2D eigenvalue weighted by Crippen LogP contribution is 2.24. The van der Waals surface area contributed by atoms with Gasteiger partial charge in [0, 0.05) is 16.8 Å². The molecule has 0 unspecified atom stereocenters. The molecule has 2 aromatic rings. The molecule has 0 aliphatic rings. The molecule has 2 rings (SSSR count). The molecule has 5 heteroatoms. The molecule has 2 N–H and O–H groups in total. The molecule has 0 heterocycles. The summed E-state index contributed by atoms with van der Waals surface area (Å²) >= 11 is 7.26. The minimum absolute atomic E-state index is 0.0622. The zero-order valence-corrected chi connectivity index (χ0v) is 12.1. The number of ketones is 1. The molecule has 0 fully saturated rings. The standard InChI is InChI=1S/C15H13ClO3S/c16-11-3-1-10(2-4-11)8-20-9-15(19)13-6-5-12(17)7-14(13)18/h1-7,17-18H,8-9H2. The Morgan fingerprint density at radius 2 is 1.80 bits per heavy atom. The molecule has 0 aliphatic heterocycles. The van der Waals surface area contributed by atoms with Crippen LogP contribution in [-0.2, 0) is 5.75 Å². The Morgan fingerprint density at radius 3 is 2.45 bits per heavy atom. The minimum Gasteiger partial charge on any atom is -0.508 e. The van der Waals surface area contributed by atoms with Crippen LogP contribution >= 0.6 is 23.4 Å². The molecule has 0 aromatic heterocycles. The summed E-state index contributed by atoms with van der Waals surface area (Å²) < 4.78 is 0. The first-order valence-electron chi connectivity index (χ1n) is 5.93. The van der Waals surface area contributed by atoms with E-state index in [1.165, 1.54) is 23.9 Å². The maximum absolute atomic E-state index is 11.9. The number of hydrogen-bond donors (Lipinski definition) is 2. The van der Waals surface area contributed by atoms with Crippen molar-refractivity contribution in [3.63, 3.8) is 0 Å². The first-order valence-corrected chi connectivity index (χ1v) is 7.47. The molecule has 0 saturated carbocycles. The highest BCUT2D eigenvalue weighted by molar-refractivity contribution is 7.99. The number of aromatic hydroxyl groups is 2. The summed E-state index contributed by atoms with van der Waals surface area (Å²) in [7, 11) is 0. The number of phenolic OH excluding ortho intramolecular Hbond substituents is 2. The summed E-state index contributed by atoms with van der Waals surface area (Å²) in [6.45, 7) is 0. The van der Waals surface area contributed by atoms with E-state index in [1.807, 2.05) is 24.3 Å². The molecular weight excluding hydrogens is 296 g/mol. The average Bonchev–Trinajstić information content (AvgIpc) is 2.41. The molecule has 0 radical (unpaired) electrons. The van der Waals surface area contributed by atoms with Gasteiger partial charge in [-0.1, -0.05) is 23.7 Å². The second-order valence-corrected chi connectivity index (χ2v) is 5.67. The Balaban J connectivity index is 1.90. The highest BCUT2D eigenvalue weighted by Gasteiger charge is 2.11. The number of benzene rings is 2. The molecule has 0 spiro atoms. The monoisotopic (exact) mass is 308 g/mol. The van der Waals surface area contributed by atoms with Gasteiger partial charge in [-0.2, -0.15) is 0 Å². The lowest BCUT2D eigenvalue weighted by molar-refractivity contribution is 0.102. The van der Waals surface area contributed by atoms with Crippen molar-refractivity contribution in [1.82, 2.24) is 0 Å². The van der Waals surface area contributed by atoms with Gasteiger partial charge in [0.15, 0.2) is 5.78 Å². The van der Waals surface area contributed by atoms with Crippen LogP contribution in [0.25, 0.3) is 0 Å². The van der Waals surface area contributed by atoms with Crippen LogP contribution < -0.4 is 0 Å². The van der Waals surface area contributed by atoms with Gasteiger partial charge >= 0.3 is 0 Å². The third kappa shape index (κ3) is 3.92. The molecule has 2 aromatic carbocycles. The van der Waals surface area contributed by atoms with Gasteiger partial charge in [-0.25, -0.2) is 0 Å². The third-order valence-corrected chi connectivity index (χ3v) is 3.95. The van der Waals surface area contributed by atoms with Gasteiger partial charge in [-0.05, 0) is 29.8 Å². The number of phenols is 2. The normalized spacial score (nSPS) is 10.4. The van der Waals surface area contributed by atoms with Crippen LogP contribution in [0.4, 0.5) is 0 Å². The van der Waals surface area contributed by atoms with Crippen molar-refractivity contribution >= 4 is 29.1 Å². The molecule has 104 valence electrons. The van der Waals surface area contributed by atoms with E-state index < -0.39 is 0 Å². The Kier molecular flexibility index (Phi) is 4.93. The van der Waals surface area contributed by atoms with Crippen LogP contribution in [0, 0.1) is 0 Å². The fraction of sp³-hybridized carbons (Fsp3) is 0.133. The molecule has 20 heavy (non-hydrogen) atoms. The van der Waals surface area contributed by atoms with Crippen LogP contribution in [-0.4, -0.2) is 21.7 Å². The first-order chi connectivity index (χ1) is 9.56. The summed E-state index contributed by atoms with van der Waals surface area (Å²) in [6.07, 6.45) is 0. The number of hydrogen-bond acceptors (Lipinski definition) is 4. The molecule has 0 bridgehead atoms. The number of carbonyl (C=O) groups excluding carboxylic acids is 1. The largest absolute Gasteiger partial charge is 0.508 e. The van der Waals surface area contributed by atoms with Gasteiger partial charge in [-0.3, -0.25) is 4.79 Å². The predicted octanol–water partition coefficient (Wildman–Crippen LogP) is 3.87. The Labute approximate surface area is 126 Å². The third-order valence-electron chi connectivity index (χ3n) is 2.70. The second kappa shape index (κ2) is 6.68. The SMILES string of the molecule is O=C(CSCc1ccc(Cl)cc1)c1ccc(O)cc1O. The van der Waals surface area contributed by atoms with Crippen LogP contribution in [0.1, 0.15) is 15.9 Å². The first kappa shape index (κ1) is 14.8. The number of carbonyl (C=O) groups is 1. The molecule has 0 amide bonds. The van der Waals surface area contributed by atoms with E-state index in [9.17, 15) is 15.0 Å². The summed E-state index contributed by atoms with van der Waals surface area (Å²) in [5, 5.41) is 19.5. The van der Waals surface area contributed by atoms with E-state index >= 15 is 0 Å². The van der Waals surface area contributed by atoms with Gasteiger partial charge in [0.05, 0.1) is 11.3 Å². The van der Waals surface area contributed by atoms with Gasteiger partial charge in [0.1, 0.15) is 11.5 Å². The van der Waals surface area contributed by atoms with E-state index in [-0.39, 0.29) is 28.6 Å². The van der Waals surface area contributed by atoms with Crippen LogP contribution in [0.2, 0.25) is 5.02 Å². The average molecular weight is 309 g/mol. The molecule has 0 saturated heterocycles. The fourth-order valence-electron chi connectivity index (χ4n) is 1.68. The Bertz CT molecular complexity index is 611. The summed E-state index contributed by atoms with van der Waals surface area (Å²) in [4.78, 5) is 11.9. The molecule has 3 nitrogen and oxygen atoms in total. The van der Waals surface area contributed by atoms with Crippen molar-refractivity contribution in [2.75, 3.05) is 5.75 Å². The van der Waals surface area contributed by atoms with E-state index in [0.717, 1.165) is 11.6 Å². The smallest absolute Gasteiger partial charge is 0.176 e. The minimum atomic E-state index is -0.193. The van der Waals surface area contributed by atoms with Crippen molar-refractivity contribution in [1.29, 1.82) is 0 Å². The van der Waals surface area contributed by atoms with Crippen LogP contribution in [0.5, 0.6) is 11.5 Å². The number of thioether (sulfide) groups is 1. The number of halogens is 1. The Hall–Kier alpha value is -1.65. The van der Waals surface area contributed by atoms with Gasteiger partial charge < -0.3 is 10.2 Å². The fourth-order valence-corrected chi connectivity index (χ4v) is 2.67. The quantitative estimate of drug-likeness (QED) is 0.823. The lowest BCUT2D eigenvalue weighted by atomic mass is 10.1. The van der Waals surface area contributed by atoms with E-state index in [1.54, 1.807) is 0 Å². The number of rotatable bonds is 5. The van der Waals surface area contributed by atoms with E-state index in [2.05, 4.69) is 0 Å². The predicted molar refractivity (Wildman–Crippen MR) is 81.7 cm³/mol. The van der Waals surface area contributed by atoms with Crippen LogP contribution in [0.15, 0.2) is 42.5 Å². The van der Waals surface area contributed by atoms with Gasteiger partial charge in [0.2, 0.25) is 0 Å². The van der Waals surface area contributed by atoms with Crippen molar-refractivity contribution in [2.45, 2.75) is 5.75 Å². The zero-order valence-electron chi connectivity index (χ0n) is 10.5. The zero-order chi connectivity index (χ0) is 14.5. The van der Waals surface area contributed by atoms with Crippen molar-refractivity contribution in [3.05, 3.63) is 58.6 Å². The highest BCUT2D eigenvalue weighted by atomic mass is 35.5. The van der Waals surface area contributed by atoms with Crippen molar-refractivity contribution < 1.29 is 15.0 Å². The maximum atomic E-state index is 11.9. The molecular formula is C15H13ClO3S. The lowest BCUT2D eigenvalue weighted by Crippen LogP contribution is -2.03. The van der Waals surface area contributed by atoms with Crippen molar-refractivity contribution in [2.24, 2.45) is 0 Å². The topological polar surface area (TPSA) is 57.5 Å². The molecule has 0 atom stereocenters. The summed E-state index contributed by atoms with van der Waals surface area (Å²) in [5.74, 6) is 0.541. The Morgan fingerprint density at radius 1 is 1.10 bits per heavy atom. The van der Waals surface area contributed by atoms with Crippen molar-refractivity contribution in [3.8, 4) is 11.5 Å².